The van der Waals surface area contributed by atoms with Gasteiger partial charge in [0.2, 0.25) is 0 Å². The molecule has 0 amide bonds. The Labute approximate surface area is 110 Å². The van der Waals surface area contributed by atoms with Crippen LogP contribution in [0.4, 0.5) is 0 Å². The molecule has 0 aromatic carbocycles. The summed E-state index contributed by atoms with van der Waals surface area (Å²) in [5, 5.41) is 2.78. The summed E-state index contributed by atoms with van der Waals surface area (Å²) in [6, 6.07) is 1.86. The highest BCUT2D eigenvalue weighted by Gasteiger charge is 2.12. The predicted molar refractivity (Wildman–Crippen MR) is 71.6 cm³/mol. The number of halogens is 1. The Bertz CT molecular complexity index is 510. The van der Waals surface area contributed by atoms with Crippen LogP contribution in [0.3, 0.4) is 0 Å². The van der Waals surface area contributed by atoms with Crippen LogP contribution in [0.2, 0.25) is 0 Å². The number of carbonyl (C=O) groups excluding carboxylic acids is 1. The lowest BCUT2D eigenvalue weighted by atomic mass is 10.2. The third-order valence-corrected chi connectivity index (χ3v) is 4.85. The van der Waals surface area contributed by atoms with Crippen LogP contribution in [0.1, 0.15) is 25.9 Å². The van der Waals surface area contributed by atoms with Crippen molar-refractivity contribution in [3.63, 3.8) is 0 Å². The topological polar surface area (TPSA) is 30.0 Å². The maximum atomic E-state index is 11.9. The van der Waals surface area contributed by atoms with Gasteiger partial charge < -0.3 is 0 Å². The van der Waals surface area contributed by atoms with Crippen LogP contribution in [0, 0.1) is 13.8 Å². The number of aromatic nitrogens is 1. The minimum absolute atomic E-state index is 0.135. The van der Waals surface area contributed by atoms with Crippen LogP contribution in [-0.4, -0.2) is 10.8 Å². The molecular formula is C11H10BrNOS2. The summed E-state index contributed by atoms with van der Waals surface area (Å²) in [6.07, 6.45) is 0.405. The Balaban J connectivity index is 2.13. The van der Waals surface area contributed by atoms with Crippen LogP contribution >= 0.6 is 38.6 Å². The molecule has 0 aliphatic rings. The Kier molecular flexibility index (Phi) is 3.56. The van der Waals surface area contributed by atoms with Crippen LogP contribution in [0.5, 0.6) is 0 Å². The molecule has 5 heteroatoms. The predicted octanol–water partition coefficient (Wildman–Crippen LogP) is 4.01. The van der Waals surface area contributed by atoms with Gasteiger partial charge in [0, 0.05) is 15.8 Å². The van der Waals surface area contributed by atoms with Crippen molar-refractivity contribution in [2.45, 2.75) is 20.3 Å². The lowest BCUT2D eigenvalue weighted by molar-refractivity contribution is 0.0993. The lowest BCUT2D eigenvalue weighted by Gasteiger charge is -1.93. The van der Waals surface area contributed by atoms with E-state index in [2.05, 4.69) is 20.9 Å². The number of rotatable bonds is 3. The Hall–Kier alpha value is -0.520. The van der Waals surface area contributed by atoms with E-state index in [1.54, 1.807) is 11.3 Å². The summed E-state index contributed by atoms with van der Waals surface area (Å²) in [4.78, 5) is 17.5. The normalized spacial score (nSPS) is 10.7. The van der Waals surface area contributed by atoms with Crippen molar-refractivity contribution in [3.8, 4) is 0 Å². The average Bonchev–Trinajstić information content (AvgIpc) is 2.75. The fourth-order valence-corrected chi connectivity index (χ4v) is 3.40. The van der Waals surface area contributed by atoms with E-state index < -0.39 is 0 Å². The van der Waals surface area contributed by atoms with E-state index in [1.165, 1.54) is 16.2 Å². The fourth-order valence-electron chi connectivity index (χ4n) is 1.31. The van der Waals surface area contributed by atoms with Gasteiger partial charge in [0.15, 0.2) is 5.78 Å². The molecule has 0 bridgehead atoms. The molecule has 2 nitrogen and oxygen atoms in total. The van der Waals surface area contributed by atoms with Crippen molar-refractivity contribution in [2.75, 3.05) is 0 Å². The molecule has 0 unspecified atom stereocenters. The van der Waals surface area contributed by atoms with Crippen LogP contribution in [0.15, 0.2) is 15.2 Å². The second-order valence-corrected chi connectivity index (χ2v) is 7.07. The molecule has 0 saturated carbocycles. The maximum Gasteiger partial charge on any atom is 0.170 e. The van der Waals surface area contributed by atoms with E-state index >= 15 is 0 Å². The molecule has 2 heterocycles. The van der Waals surface area contributed by atoms with E-state index in [1.807, 2.05) is 25.3 Å². The molecule has 0 spiro atoms. The van der Waals surface area contributed by atoms with Crippen molar-refractivity contribution in [3.05, 3.63) is 36.4 Å². The molecule has 2 rings (SSSR count). The second-order valence-electron chi connectivity index (χ2n) is 3.49. The smallest absolute Gasteiger partial charge is 0.170 e. The highest BCUT2D eigenvalue weighted by Crippen LogP contribution is 2.23. The summed E-state index contributed by atoms with van der Waals surface area (Å²) in [5.41, 5.74) is 1.79. The number of Topliss-reactive ketones (excluding diaryl/α,β-unsaturated/α-hetero) is 1. The average molecular weight is 316 g/mol. The molecule has 0 radical (unpaired) electrons. The van der Waals surface area contributed by atoms with Crippen molar-refractivity contribution >= 4 is 44.4 Å². The standard InChI is InChI=1S/C11H10BrNOS2/c1-6-7(2)16-11(13-6)4-9(14)8-3-10(12)15-5-8/h3,5H,4H2,1-2H3. The summed E-state index contributed by atoms with van der Waals surface area (Å²) >= 11 is 6.49. The molecule has 0 aliphatic carbocycles. The molecule has 0 atom stereocenters. The van der Waals surface area contributed by atoms with E-state index in [0.29, 0.717) is 6.42 Å². The Morgan fingerprint density at radius 1 is 1.50 bits per heavy atom. The van der Waals surface area contributed by atoms with Crippen LogP contribution in [-0.2, 0) is 6.42 Å². The first-order valence-corrected chi connectivity index (χ1v) is 7.25. The first-order chi connectivity index (χ1) is 7.56. The third kappa shape index (κ3) is 2.59. The van der Waals surface area contributed by atoms with E-state index in [0.717, 1.165) is 20.1 Å². The number of thiophene rings is 1. The number of hydrogen-bond donors (Lipinski definition) is 0. The first kappa shape index (κ1) is 12.0. The molecule has 84 valence electrons. The molecule has 0 fully saturated rings. The number of carbonyl (C=O) groups is 1. The number of thiazole rings is 1. The summed E-state index contributed by atoms with van der Waals surface area (Å²) in [5.74, 6) is 0.135. The van der Waals surface area contributed by atoms with Gasteiger partial charge in [-0.05, 0) is 35.8 Å². The molecule has 0 aliphatic heterocycles. The first-order valence-electron chi connectivity index (χ1n) is 4.76. The second kappa shape index (κ2) is 4.77. The highest BCUT2D eigenvalue weighted by atomic mass is 79.9. The van der Waals surface area contributed by atoms with Gasteiger partial charge in [0.05, 0.1) is 15.9 Å². The zero-order chi connectivity index (χ0) is 11.7. The van der Waals surface area contributed by atoms with Gasteiger partial charge >= 0.3 is 0 Å². The number of nitrogens with zero attached hydrogens (tertiary/aromatic N) is 1. The van der Waals surface area contributed by atoms with Gasteiger partial charge in [-0.25, -0.2) is 4.98 Å². The monoisotopic (exact) mass is 315 g/mol. The quantitative estimate of drug-likeness (QED) is 0.801. The van der Waals surface area contributed by atoms with E-state index in [-0.39, 0.29) is 5.78 Å². The van der Waals surface area contributed by atoms with Gasteiger partial charge in [-0.1, -0.05) is 0 Å². The van der Waals surface area contributed by atoms with Crippen LogP contribution in [0.25, 0.3) is 0 Å². The van der Waals surface area contributed by atoms with Gasteiger partial charge in [-0.15, -0.1) is 22.7 Å². The van der Waals surface area contributed by atoms with Crippen molar-refractivity contribution < 1.29 is 4.79 Å². The van der Waals surface area contributed by atoms with Gasteiger partial charge in [-0.3, -0.25) is 4.79 Å². The largest absolute Gasteiger partial charge is 0.294 e. The van der Waals surface area contributed by atoms with Crippen LogP contribution < -0.4 is 0 Å². The summed E-state index contributed by atoms with van der Waals surface area (Å²) in [7, 11) is 0. The van der Waals surface area contributed by atoms with E-state index in [9.17, 15) is 4.79 Å². The lowest BCUT2D eigenvalue weighted by Crippen LogP contribution is -2.01. The molecule has 0 N–H and O–H groups in total. The maximum absolute atomic E-state index is 11.9. The van der Waals surface area contributed by atoms with Gasteiger partial charge in [-0.2, -0.15) is 0 Å². The highest BCUT2D eigenvalue weighted by molar-refractivity contribution is 9.11. The summed E-state index contributed by atoms with van der Waals surface area (Å²) < 4.78 is 0.988. The van der Waals surface area contributed by atoms with Crippen molar-refractivity contribution in [1.82, 2.24) is 4.98 Å². The third-order valence-electron chi connectivity index (χ3n) is 2.27. The molecular weight excluding hydrogens is 306 g/mol. The van der Waals surface area contributed by atoms with Crippen molar-refractivity contribution in [2.24, 2.45) is 0 Å². The van der Waals surface area contributed by atoms with Gasteiger partial charge in [0.25, 0.3) is 0 Å². The van der Waals surface area contributed by atoms with E-state index in [4.69, 9.17) is 0 Å². The van der Waals surface area contributed by atoms with Crippen molar-refractivity contribution in [1.29, 1.82) is 0 Å². The molecule has 16 heavy (non-hydrogen) atoms. The molecule has 2 aromatic rings. The zero-order valence-corrected chi connectivity index (χ0v) is 12.1. The zero-order valence-electron chi connectivity index (χ0n) is 8.91. The molecule has 2 aromatic heterocycles. The SMILES string of the molecule is Cc1nc(CC(=O)c2csc(Br)c2)sc1C. The molecule has 0 saturated heterocycles. The number of ketones is 1. The Morgan fingerprint density at radius 2 is 2.25 bits per heavy atom. The Morgan fingerprint density at radius 3 is 2.75 bits per heavy atom. The number of aryl methyl sites for hydroxylation is 2. The van der Waals surface area contributed by atoms with Gasteiger partial charge in [0.1, 0.15) is 5.01 Å². The number of hydrogen-bond acceptors (Lipinski definition) is 4. The minimum Gasteiger partial charge on any atom is -0.294 e. The minimum atomic E-state index is 0.135. The summed E-state index contributed by atoms with van der Waals surface area (Å²) in [6.45, 7) is 4.00. The fraction of sp³-hybridized carbons (Fsp3) is 0.273.